The highest BCUT2D eigenvalue weighted by atomic mass is 16.1. The van der Waals surface area contributed by atoms with Gasteiger partial charge in [0.2, 0.25) is 5.91 Å². The van der Waals surface area contributed by atoms with Crippen molar-refractivity contribution in [2.75, 3.05) is 0 Å². The van der Waals surface area contributed by atoms with E-state index in [1.165, 1.54) is 64.2 Å². The molecule has 0 radical (unpaired) electrons. The Morgan fingerprint density at radius 1 is 1.00 bits per heavy atom. The highest BCUT2D eigenvalue weighted by molar-refractivity contribution is 5.76. The zero-order valence-electron chi connectivity index (χ0n) is 11.5. The first kappa shape index (κ1) is 14.5. The molecule has 17 heavy (non-hydrogen) atoms. The molecule has 0 saturated heterocycles. The van der Waals surface area contributed by atoms with Gasteiger partial charge in [-0.25, -0.2) is 0 Å². The average Bonchev–Trinajstić information content (AvgIpc) is 2.57. The first-order valence-electron chi connectivity index (χ1n) is 7.62. The summed E-state index contributed by atoms with van der Waals surface area (Å²) >= 11 is 0. The van der Waals surface area contributed by atoms with Crippen molar-refractivity contribution in [2.24, 2.45) is 0 Å². The predicted molar refractivity (Wildman–Crippen MR) is 73.0 cm³/mol. The quantitative estimate of drug-likeness (QED) is 0.524. The van der Waals surface area contributed by atoms with E-state index in [-0.39, 0.29) is 5.91 Å². The fourth-order valence-electron chi connectivity index (χ4n) is 2.61. The summed E-state index contributed by atoms with van der Waals surface area (Å²) in [4.78, 5) is 11.7. The van der Waals surface area contributed by atoms with Crippen LogP contribution in [-0.2, 0) is 4.79 Å². The largest absolute Gasteiger partial charge is 0.353 e. The molecule has 0 aliphatic heterocycles. The van der Waals surface area contributed by atoms with Gasteiger partial charge in [-0.3, -0.25) is 4.79 Å². The van der Waals surface area contributed by atoms with Crippen molar-refractivity contribution in [1.29, 1.82) is 0 Å². The second-order valence-corrected chi connectivity index (χ2v) is 5.42. The molecule has 1 amide bonds. The summed E-state index contributed by atoms with van der Waals surface area (Å²) in [6.45, 7) is 2.22. The third kappa shape index (κ3) is 7.40. The molecule has 1 saturated carbocycles. The molecule has 0 heterocycles. The van der Waals surface area contributed by atoms with Gasteiger partial charge < -0.3 is 5.32 Å². The number of amides is 1. The van der Waals surface area contributed by atoms with E-state index in [9.17, 15) is 4.79 Å². The summed E-state index contributed by atoms with van der Waals surface area (Å²) in [6.07, 6.45) is 14.6. The molecule has 0 unspecified atom stereocenters. The molecule has 1 fully saturated rings. The van der Waals surface area contributed by atoms with E-state index in [2.05, 4.69) is 12.2 Å². The summed E-state index contributed by atoms with van der Waals surface area (Å²) < 4.78 is 0. The van der Waals surface area contributed by atoms with Crippen LogP contribution in [0.3, 0.4) is 0 Å². The van der Waals surface area contributed by atoms with Crippen molar-refractivity contribution in [3.63, 3.8) is 0 Å². The van der Waals surface area contributed by atoms with E-state index in [1.54, 1.807) is 0 Å². The van der Waals surface area contributed by atoms with Crippen molar-refractivity contribution in [1.82, 2.24) is 5.32 Å². The van der Waals surface area contributed by atoms with Crippen molar-refractivity contribution >= 4 is 5.91 Å². The second-order valence-electron chi connectivity index (χ2n) is 5.42. The van der Waals surface area contributed by atoms with Crippen LogP contribution in [-0.4, -0.2) is 11.9 Å². The Hall–Kier alpha value is -0.530. The molecular formula is C15H29NO. The SMILES string of the molecule is CCCCCCCC(=O)NC1CCCCCC1. The number of rotatable bonds is 7. The van der Waals surface area contributed by atoms with Crippen LogP contribution in [0, 0.1) is 0 Å². The molecule has 100 valence electrons. The molecule has 0 spiro atoms. The minimum atomic E-state index is 0.286. The Kier molecular flexibility index (Phi) is 8.12. The molecule has 2 nitrogen and oxygen atoms in total. The predicted octanol–water partition coefficient (Wildman–Crippen LogP) is 4.19. The van der Waals surface area contributed by atoms with Gasteiger partial charge in [-0.2, -0.15) is 0 Å². The summed E-state index contributed by atoms with van der Waals surface area (Å²) in [5, 5.41) is 3.21. The van der Waals surface area contributed by atoms with Crippen molar-refractivity contribution in [3.05, 3.63) is 0 Å². The number of unbranched alkanes of at least 4 members (excludes halogenated alkanes) is 4. The Morgan fingerprint density at radius 2 is 1.65 bits per heavy atom. The van der Waals surface area contributed by atoms with E-state index < -0.39 is 0 Å². The molecule has 1 rings (SSSR count). The number of carbonyl (C=O) groups excluding carboxylic acids is 1. The highest BCUT2D eigenvalue weighted by Crippen LogP contribution is 2.17. The van der Waals surface area contributed by atoms with Gasteiger partial charge in [-0.15, -0.1) is 0 Å². The van der Waals surface area contributed by atoms with Gasteiger partial charge >= 0.3 is 0 Å². The molecular weight excluding hydrogens is 210 g/mol. The average molecular weight is 239 g/mol. The summed E-state index contributed by atoms with van der Waals surface area (Å²) in [7, 11) is 0. The lowest BCUT2D eigenvalue weighted by Gasteiger charge is -2.16. The van der Waals surface area contributed by atoms with Crippen molar-refractivity contribution in [3.8, 4) is 0 Å². The smallest absolute Gasteiger partial charge is 0.220 e. The van der Waals surface area contributed by atoms with Gasteiger partial charge in [-0.1, -0.05) is 58.3 Å². The molecule has 0 bridgehead atoms. The van der Waals surface area contributed by atoms with Crippen LogP contribution in [0.4, 0.5) is 0 Å². The van der Waals surface area contributed by atoms with E-state index in [0.29, 0.717) is 6.04 Å². The lowest BCUT2D eigenvalue weighted by molar-refractivity contribution is -0.122. The third-order valence-electron chi connectivity index (χ3n) is 3.73. The lowest BCUT2D eigenvalue weighted by atomic mass is 10.1. The zero-order valence-corrected chi connectivity index (χ0v) is 11.5. The first-order valence-corrected chi connectivity index (χ1v) is 7.62. The molecule has 1 aliphatic carbocycles. The van der Waals surface area contributed by atoms with E-state index in [1.807, 2.05) is 0 Å². The molecule has 0 aromatic carbocycles. The normalized spacial score (nSPS) is 17.7. The third-order valence-corrected chi connectivity index (χ3v) is 3.73. The standard InChI is InChI=1S/C15H29NO/c1-2-3-4-5-10-13-15(17)16-14-11-8-6-7-9-12-14/h14H,2-13H2,1H3,(H,16,17). The minimum Gasteiger partial charge on any atom is -0.353 e. The fourth-order valence-corrected chi connectivity index (χ4v) is 2.61. The molecule has 0 aromatic heterocycles. The molecule has 0 atom stereocenters. The van der Waals surface area contributed by atoms with E-state index >= 15 is 0 Å². The maximum atomic E-state index is 11.7. The van der Waals surface area contributed by atoms with E-state index in [4.69, 9.17) is 0 Å². The van der Waals surface area contributed by atoms with Gasteiger partial charge in [0, 0.05) is 12.5 Å². The highest BCUT2D eigenvalue weighted by Gasteiger charge is 2.13. The van der Waals surface area contributed by atoms with Crippen LogP contribution in [0.2, 0.25) is 0 Å². The molecule has 2 heteroatoms. The summed E-state index contributed by atoms with van der Waals surface area (Å²) in [6, 6.07) is 0.473. The van der Waals surface area contributed by atoms with Crippen LogP contribution < -0.4 is 5.32 Å². The lowest BCUT2D eigenvalue weighted by Crippen LogP contribution is -2.34. The Labute approximate surface area is 107 Å². The first-order chi connectivity index (χ1) is 8.33. The maximum absolute atomic E-state index is 11.7. The van der Waals surface area contributed by atoms with Gasteiger partial charge in [-0.05, 0) is 19.3 Å². The minimum absolute atomic E-state index is 0.286. The van der Waals surface area contributed by atoms with Gasteiger partial charge in [0.15, 0.2) is 0 Å². The summed E-state index contributed by atoms with van der Waals surface area (Å²) in [5.41, 5.74) is 0. The number of hydrogen-bond donors (Lipinski definition) is 1. The van der Waals surface area contributed by atoms with E-state index in [0.717, 1.165) is 12.8 Å². The Balaban J connectivity index is 2.03. The van der Waals surface area contributed by atoms with Crippen LogP contribution in [0.15, 0.2) is 0 Å². The second kappa shape index (κ2) is 9.49. The van der Waals surface area contributed by atoms with Crippen molar-refractivity contribution in [2.45, 2.75) is 90.0 Å². The van der Waals surface area contributed by atoms with Crippen LogP contribution in [0.1, 0.15) is 84.0 Å². The van der Waals surface area contributed by atoms with Crippen LogP contribution in [0.5, 0.6) is 0 Å². The molecule has 1 N–H and O–H groups in total. The van der Waals surface area contributed by atoms with Crippen LogP contribution >= 0.6 is 0 Å². The molecule has 1 aliphatic rings. The number of carbonyl (C=O) groups is 1. The summed E-state index contributed by atoms with van der Waals surface area (Å²) in [5.74, 6) is 0.286. The zero-order chi connectivity index (χ0) is 12.3. The van der Waals surface area contributed by atoms with Crippen LogP contribution in [0.25, 0.3) is 0 Å². The monoisotopic (exact) mass is 239 g/mol. The number of nitrogens with one attached hydrogen (secondary N) is 1. The maximum Gasteiger partial charge on any atom is 0.220 e. The fraction of sp³-hybridized carbons (Fsp3) is 0.933. The van der Waals surface area contributed by atoms with Gasteiger partial charge in [0.1, 0.15) is 0 Å². The number of hydrogen-bond acceptors (Lipinski definition) is 1. The Morgan fingerprint density at radius 3 is 2.29 bits per heavy atom. The van der Waals surface area contributed by atoms with Gasteiger partial charge in [0.05, 0.1) is 0 Å². The van der Waals surface area contributed by atoms with Gasteiger partial charge in [0.25, 0.3) is 0 Å². The van der Waals surface area contributed by atoms with Crippen molar-refractivity contribution < 1.29 is 4.79 Å². The molecule has 0 aromatic rings. The topological polar surface area (TPSA) is 29.1 Å². The Bertz CT molecular complexity index is 195.